The molecule has 1 fully saturated rings. The molecule has 2 atom stereocenters. The van der Waals surface area contributed by atoms with Crippen LogP contribution in [0.3, 0.4) is 0 Å². The zero-order valence-corrected chi connectivity index (χ0v) is 15.5. The van der Waals surface area contributed by atoms with E-state index in [1.165, 1.54) is 0 Å². The maximum atomic E-state index is 12.8. The summed E-state index contributed by atoms with van der Waals surface area (Å²) in [6, 6.07) is 7.71. The van der Waals surface area contributed by atoms with E-state index in [2.05, 4.69) is 0 Å². The number of aliphatic carboxylic acids is 1. The molecule has 1 aliphatic rings. The van der Waals surface area contributed by atoms with Crippen LogP contribution in [-0.2, 0) is 15.9 Å². The summed E-state index contributed by atoms with van der Waals surface area (Å²) in [7, 11) is -3.79. The van der Waals surface area contributed by atoms with Gasteiger partial charge < -0.3 is 20.2 Å². The quantitative estimate of drug-likeness (QED) is 0.499. The Labute approximate surface area is 152 Å². The van der Waals surface area contributed by atoms with Gasteiger partial charge in [0.05, 0.1) is 6.26 Å². The number of nitrogens with zero attached hydrogens (tertiary/aromatic N) is 1. The molecule has 1 aromatic heterocycles. The van der Waals surface area contributed by atoms with Crippen LogP contribution in [0.5, 0.6) is 0 Å². The van der Waals surface area contributed by atoms with Crippen LogP contribution in [0.15, 0.2) is 34.9 Å². The maximum absolute atomic E-state index is 12.8. The molecule has 142 valence electrons. The zero-order valence-electron chi connectivity index (χ0n) is 14.6. The summed E-state index contributed by atoms with van der Waals surface area (Å²) in [5.74, 6) is -1.18. The zero-order chi connectivity index (χ0) is 18.8. The van der Waals surface area contributed by atoms with Gasteiger partial charge in [-0.2, -0.15) is 0 Å². The third-order valence-electron chi connectivity index (χ3n) is 5.24. The second-order valence-corrected chi connectivity index (χ2v) is 9.72. The number of nitrogens with two attached hydrogens (primary N) is 1. The predicted molar refractivity (Wildman–Crippen MR) is 99.5 cm³/mol. The van der Waals surface area contributed by atoms with E-state index in [1.807, 2.05) is 29.2 Å². The van der Waals surface area contributed by atoms with E-state index >= 15 is 0 Å². The number of carboxylic acid groups (broad SMARTS) is 1. The third-order valence-corrected chi connectivity index (χ3v) is 7.94. The summed E-state index contributed by atoms with van der Waals surface area (Å²) in [4.78, 5) is 24.4. The fourth-order valence-electron chi connectivity index (χ4n) is 3.70. The lowest BCUT2D eigenvalue weighted by Gasteiger charge is -2.43. The van der Waals surface area contributed by atoms with E-state index in [9.17, 15) is 19.4 Å². The van der Waals surface area contributed by atoms with Gasteiger partial charge in [-0.3, -0.25) is 14.3 Å². The summed E-state index contributed by atoms with van der Waals surface area (Å²) in [6.07, 6.45) is 2.97. The molecule has 26 heavy (non-hydrogen) atoms. The lowest BCUT2D eigenvalue weighted by atomic mass is 9.99. The largest absolute Gasteiger partial charge is 0.480 e. The maximum Gasteiger partial charge on any atom is 0.320 e. The van der Waals surface area contributed by atoms with Gasteiger partial charge in [0.15, 0.2) is 5.16 Å². The number of carbonyl (C=O) groups is 1. The van der Waals surface area contributed by atoms with Crippen molar-refractivity contribution in [3.63, 3.8) is 0 Å². The molecule has 0 amide bonds. The molecule has 7 nitrogen and oxygen atoms in total. The van der Waals surface area contributed by atoms with Crippen LogP contribution in [0.2, 0.25) is 0 Å². The van der Waals surface area contributed by atoms with Crippen molar-refractivity contribution in [3.05, 3.63) is 36.1 Å². The summed E-state index contributed by atoms with van der Waals surface area (Å²) >= 11 is 0. The van der Waals surface area contributed by atoms with Crippen LogP contribution >= 0.6 is 7.37 Å². The molecule has 3 rings (SSSR count). The van der Waals surface area contributed by atoms with Crippen molar-refractivity contribution in [3.8, 4) is 0 Å². The average Bonchev–Trinajstić information content (AvgIpc) is 3.05. The molecule has 0 aliphatic carbocycles. The molecule has 2 heterocycles. The highest BCUT2D eigenvalue weighted by Crippen LogP contribution is 2.59. The van der Waals surface area contributed by atoms with Crippen LogP contribution in [-0.4, -0.2) is 51.8 Å². The summed E-state index contributed by atoms with van der Waals surface area (Å²) in [6.45, 7) is 1.46. The Bertz CT molecular complexity index is 836. The molecule has 0 bridgehead atoms. The van der Waals surface area contributed by atoms with Gasteiger partial charge in [0.1, 0.15) is 5.58 Å². The highest BCUT2D eigenvalue weighted by molar-refractivity contribution is 7.61. The first kappa shape index (κ1) is 19.1. The third kappa shape index (κ3) is 3.58. The number of rotatable bonds is 7. The molecule has 8 heteroatoms. The molecular formula is C18H25N2O5P. The Morgan fingerprint density at radius 2 is 2.15 bits per heavy atom. The minimum atomic E-state index is -3.79. The van der Waals surface area contributed by atoms with E-state index < -0.39 is 18.5 Å². The van der Waals surface area contributed by atoms with Crippen molar-refractivity contribution >= 4 is 24.3 Å². The van der Waals surface area contributed by atoms with Crippen LogP contribution in [0.25, 0.3) is 11.0 Å². The number of hydrogen-bond donors (Lipinski definition) is 3. The highest BCUT2D eigenvalue weighted by atomic mass is 31.2. The van der Waals surface area contributed by atoms with Crippen molar-refractivity contribution in [1.29, 1.82) is 0 Å². The molecule has 4 N–H and O–H groups in total. The Balaban J connectivity index is 1.80. The van der Waals surface area contributed by atoms with Crippen molar-refractivity contribution in [2.75, 3.05) is 25.8 Å². The monoisotopic (exact) mass is 380 g/mol. The van der Waals surface area contributed by atoms with Gasteiger partial charge in [-0.15, -0.1) is 0 Å². The molecular weight excluding hydrogens is 355 g/mol. The summed E-state index contributed by atoms with van der Waals surface area (Å²) < 4.78 is 18.1. The number of carboxylic acids is 1. The number of hydrogen-bond acceptors (Lipinski definition) is 5. The van der Waals surface area contributed by atoms with Gasteiger partial charge in [0.25, 0.3) is 0 Å². The molecule has 2 unspecified atom stereocenters. The lowest BCUT2D eigenvalue weighted by molar-refractivity contribution is -0.141. The number of furan rings is 1. The van der Waals surface area contributed by atoms with E-state index in [-0.39, 0.29) is 19.1 Å². The molecule has 2 aromatic rings. The first-order valence-corrected chi connectivity index (χ1v) is 10.7. The minimum Gasteiger partial charge on any atom is -0.480 e. The van der Waals surface area contributed by atoms with Crippen molar-refractivity contribution < 1.29 is 23.8 Å². The fraction of sp³-hybridized carbons (Fsp3) is 0.500. The van der Waals surface area contributed by atoms with E-state index in [4.69, 9.17) is 10.2 Å². The smallest absolute Gasteiger partial charge is 0.320 e. The number of benzene rings is 1. The van der Waals surface area contributed by atoms with Crippen LogP contribution in [0, 0.1) is 0 Å². The number of fused-ring (bicyclic) bond motifs is 1. The molecule has 1 saturated heterocycles. The molecule has 0 spiro atoms. The highest BCUT2D eigenvalue weighted by Gasteiger charge is 2.56. The van der Waals surface area contributed by atoms with Crippen molar-refractivity contribution in [2.24, 2.45) is 5.73 Å². The van der Waals surface area contributed by atoms with Crippen molar-refractivity contribution in [1.82, 2.24) is 4.90 Å². The first-order valence-electron chi connectivity index (χ1n) is 8.82. The second-order valence-electron chi connectivity index (χ2n) is 7.01. The van der Waals surface area contributed by atoms with Gasteiger partial charge >= 0.3 is 5.97 Å². The van der Waals surface area contributed by atoms with Crippen molar-refractivity contribution in [2.45, 2.75) is 31.0 Å². The second kappa shape index (κ2) is 7.53. The summed E-state index contributed by atoms with van der Waals surface area (Å²) in [5, 5.41) is 9.19. The number of unbranched alkanes of at least 4 members (excludes halogenated alkanes) is 1. The van der Waals surface area contributed by atoms with Gasteiger partial charge in [0, 0.05) is 31.2 Å². The molecule has 0 radical (unpaired) electrons. The van der Waals surface area contributed by atoms with E-state index in [0.717, 1.165) is 16.5 Å². The average molecular weight is 380 g/mol. The van der Waals surface area contributed by atoms with Gasteiger partial charge in [-0.05, 0) is 43.1 Å². The normalized spacial score (nSPS) is 27.0. The Morgan fingerprint density at radius 3 is 2.88 bits per heavy atom. The van der Waals surface area contributed by atoms with Gasteiger partial charge in [-0.1, -0.05) is 12.5 Å². The Hall–Kier alpha value is -1.66. The van der Waals surface area contributed by atoms with Crippen LogP contribution in [0.4, 0.5) is 0 Å². The summed E-state index contributed by atoms with van der Waals surface area (Å²) in [5.41, 5.74) is 7.32. The topological polar surface area (TPSA) is 117 Å². The van der Waals surface area contributed by atoms with E-state index in [1.54, 1.807) is 6.26 Å². The molecule has 1 aromatic carbocycles. The standard InChI is InChI=1S/C18H25N2O5P/c19-7-2-1-6-18(17(21)22)13-20(8-10-26(18,23)24)12-14-3-4-16-15(11-14)5-9-25-16/h3-5,9,11H,1-2,6-8,10,12-13,19H2,(H,21,22)(H,23,24). The Kier molecular flexibility index (Phi) is 5.53. The van der Waals surface area contributed by atoms with E-state index in [0.29, 0.717) is 32.5 Å². The lowest BCUT2D eigenvalue weighted by Crippen LogP contribution is -2.53. The first-order chi connectivity index (χ1) is 12.4. The van der Waals surface area contributed by atoms with Gasteiger partial charge in [0.2, 0.25) is 7.37 Å². The fourth-order valence-corrected chi connectivity index (χ4v) is 5.91. The molecule has 1 aliphatic heterocycles. The Morgan fingerprint density at radius 1 is 1.35 bits per heavy atom. The van der Waals surface area contributed by atoms with Crippen LogP contribution in [0.1, 0.15) is 24.8 Å². The predicted octanol–water partition coefficient (Wildman–Crippen LogP) is 2.47. The molecule has 0 saturated carbocycles. The van der Waals surface area contributed by atoms with Gasteiger partial charge in [-0.25, -0.2) is 0 Å². The SMILES string of the molecule is NCCCCC1(C(=O)O)CN(Cc2ccc3occc3c2)CCP1(=O)O. The van der Waals surface area contributed by atoms with Crippen LogP contribution < -0.4 is 5.73 Å². The minimum absolute atomic E-state index is 0.00409.